The monoisotopic (exact) mass is 412 g/mol. The molecular weight excluding hydrogens is 396 g/mol. The Morgan fingerprint density at radius 3 is 2.41 bits per heavy atom. The minimum Gasteiger partial charge on any atom is -0.455 e. The van der Waals surface area contributed by atoms with Crippen LogP contribution in [0.5, 0.6) is 0 Å². The predicted molar refractivity (Wildman–Crippen MR) is 116 cm³/mol. The van der Waals surface area contributed by atoms with Gasteiger partial charge in [0, 0.05) is 31.6 Å². The Kier molecular flexibility index (Phi) is 2.88. The van der Waals surface area contributed by atoms with Crippen molar-refractivity contribution in [2.75, 3.05) is 0 Å². The Morgan fingerprint density at radius 2 is 1.52 bits per heavy atom. The Labute approximate surface area is 165 Å². The van der Waals surface area contributed by atoms with Crippen molar-refractivity contribution in [3.63, 3.8) is 0 Å². The van der Waals surface area contributed by atoms with Gasteiger partial charge in [-0.1, -0.05) is 72.2 Å². The molecule has 0 radical (unpaired) electrons. The molecule has 1 aromatic heterocycles. The smallest absolute Gasteiger partial charge is 0.143 e. The van der Waals surface area contributed by atoms with Gasteiger partial charge in [-0.3, -0.25) is 0 Å². The van der Waals surface area contributed by atoms with Crippen LogP contribution in [0.1, 0.15) is 25.0 Å². The predicted octanol–water partition coefficient (Wildman–Crippen LogP) is 7.81. The van der Waals surface area contributed by atoms with Crippen molar-refractivity contribution >= 4 is 48.6 Å². The quantitative estimate of drug-likeness (QED) is 0.252. The molecule has 0 fully saturated rings. The Balaban J connectivity index is 1.80. The third-order valence-corrected chi connectivity index (χ3v) is 6.59. The fourth-order valence-electron chi connectivity index (χ4n) is 4.83. The van der Waals surface area contributed by atoms with Crippen molar-refractivity contribution in [1.82, 2.24) is 0 Å². The molecule has 0 N–H and O–H groups in total. The number of benzene rings is 4. The van der Waals surface area contributed by atoms with Crippen LogP contribution in [-0.4, -0.2) is 0 Å². The molecule has 5 aromatic rings. The van der Waals surface area contributed by atoms with Crippen LogP contribution < -0.4 is 0 Å². The molecule has 130 valence electrons. The number of hydrogen-bond acceptors (Lipinski definition) is 1. The molecule has 0 atom stereocenters. The van der Waals surface area contributed by atoms with E-state index >= 15 is 0 Å². The van der Waals surface area contributed by atoms with Gasteiger partial charge in [0.05, 0.1) is 0 Å². The average molecular weight is 413 g/mol. The zero-order valence-electron chi connectivity index (χ0n) is 15.1. The van der Waals surface area contributed by atoms with E-state index in [2.05, 4.69) is 96.5 Å². The normalized spacial score (nSPS) is 14.8. The number of fused-ring (bicyclic) bond motifs is 9. The molecule has 0 bridgehead atoms. The maximum atomic E-state index is 6.59. The van der Waals surface area contributed by atoms with Gasteiger partial charge in [0.2, 0.25) is 0 Å². The second-order valence-corrected chi connectivity index (χ2v) is 8.86. The van der Waals surface area contributed by atoms with Gasteiger partial charge >= 0.3 is 0 Å². The molecule has 27 heavy (non-hydrogen) atoms. The molecule has 0 spiro atoms. The summed E-state index contributed by atoms with van der Waals surface area (Å²) >= 11 is 3.64. The summed E-state index contributed by atoms with van der Waals surface area (Å²) < 4.78 is 7.71. The first-order valence-electron chi connectivity index (χ1n) is 9.23. The Morgan fingerprint density at radius 1 is 0.741 bits per heavy atom. The highest BCUT2D eigenvalue weighted by Gasteiger charge is 2.38. The lowest BCUT2D eigenvalue weighted by atomic mass is 9.82. The molecule has 2 heteroatoms. The third-order valence-electron chi connectivity index (χ3n) is 6.10. The van der Waals surface area contributed by atoms with Crippen molar-refractivity contribution in [3.8, 4) is 11.1 Å². The maximum absolute atomic E-state index is 6.59. The van der Waals surface area contributed by atoms with Crippen LogP contribution in [0.25, 0.3) is 43.8 Å². The van der Waals surface area contributed by atoms with E-state index < -0.39 is 0 Å². The van der Waals surface area contributed by atoms with Crippen LogP contribution in [0.15, 0.2) is 75.6 Å². The molecular formula is C25H17BrO. The molecule has 6 rings (SSSR count). The second kappa shape index (κ2) is 5.02. The standard InChI is InChI=1S/C25H17BrO/c1-25(2)21-12-8-15(26)13-20(21)17-10-11-19-18-9-7-14-5-3-4-6-16(14)23(18)27-24(19)22(17)25/h3-13H,1-2H3. The van der Waals surface area contributed by atoms with Gasteiger partial charge in [-0.05, 0) is 46.3 Å². The molecule has 4 aromatic carbocycles. The van der Waals surface area contributed by atoms with E-state index in [1.807, 2.05) is 0 Å². The number of furan rings is 1. The van der Waals surface area contributed by atoms with Crippen molar-refractivity contribution in [1.29, 1.82) is 0 Å². The van der Waals surface area contributed by atoms with E-state index in [0.717, 1.165) is 15.6 Å². The lowest BCUT2D eigenvalue weighted by Crippen LogP contribution is -2.15. The molecule has 1 heterocycles. The fraction of sp³-hybridized carbons (Fsp3) is 0.120. The van der Waals surface area contributed by atoms with Gasteiger partial charge in [-0.15, -0.1) is 0 Å². The summed E-state index contributed by atoms with van der Waals surface area (Å²) in [6, 6.07) is 23.9. The summed E-state index contributed by atoms with van der Waals surface area (Å²) in [5, 5.41) is 4.79. The summed E-state index contributed by atoms with van der Waals surface area (Å²) in [4.78, 5) is 0. The maximum Gasteiger partial charge on any atom is 0.143 e. The van der Waals surface area contributed by atoms with Crippen LogP contribution in [-0.2, 0) is 5.41 Å². The lowest BCUT2D eigenvalue weighted by molar-refractivity contribution is 0.621. The number of halogens is 1. The van der Waals surface area contributed by atoms with E-state index in [1.54, 1.807) is 0 Å². The van der Waals surface area contributed by atoms with Crippen LogP contribution in [0, 0.1) is 0 Å². The summed E-state index contributed by atoms with van der Waals surface area (Å²) in [6.45, 7) is 4.60. The molecule has 0 unspecified atom stereocenters. The fourth-order valence-corrected chi connectivity index (χ4v) is 5.19. The Hall–Kier alpha value is -2.58. The van der Waals surface area contributed by atoms with Crippen LogP contribution in [0.3, 0.4) is 0 Å². The van der Waals surface area contributed by atoms with Crippen LogP contribution >= 0.6 is 15.9 Å². The van der Waals surface area contributed by atoms with Crippen molar-refractivity contribution < 1.29 is 4.42 Å². The molecule has 1 aliphatic rings. The lowest BCUT2D eigenvalue weighted by Gasteiger charge is -2.21. The topological polar surface area (TPSA) is 13.1 Å². The van der Waals surface area contributed by atoms with Gasteiger partial charge in [-0.2, -0.15) is 0 Å². The zero-order chi connectivity index (χ0) is 18.3. The molecule has 0 saturated heterocycles. The average Bonchev–Trinajstić information content (AvgIpc) is 3.15. The number of rotatable bonds is 0. The zero-order valence-corrected chi connectivity index (χ0v) is 16.7. The molecule has 1 aliphatic carbocycles. The van der Waals surface area contributed by atoms with E-state index in [0.29, 0.717) is 0 Å². The first-order chi connectivity index (χ1) is 13.1. The Bertz CT molecular complexity index is 1400. The van der Waals surface area contributed by atoms with Crippen molar-refractivity contribution in [2.24, 2.45) is 0 Å². The molecule has 1 nitrogen and oxygen atoms in total. The molecule has 0 aliphatic heterocycles. The van der Waals surface area contributed by atoms with E-state index in [4.69, 9.17) is 4.42 Å². The van der Waals surface area contributed by atoms with Gasteiger partial charge in [-0.25, -0.2) is 0 Å². The summed E-state index contributed by atoms with van der Waals surface area (Å²) in [7, 11) is 0. The molecule has 0 amide bonds. The second-order valence-electron chi connectivity index (χ2n) is 7.95. The van der Waals surface area contributed by atoms with Gasteiger partial charge in [0.1, 0.15) is 11.2 Å². The van der Waals surface area contributed by atoms with Crippen LogP contribution in [0.4, 0.5) is 0 Å². The summed E-state index contributed by atoms with van der Waals surface area (Å²) in [6.07, 6.45) is 0. The number of hydrogen-bond donors (Lipinski definition) is 0. The van der Waals surface area contributed by atoms with Gasteiger partial charge in [0.15, 0.2) is 0 Å². The van der Waals surface area contributed by atoms with Gasteiger partial charge in [0.25, 0.3) is 0 Å². The summed E-state index contributed by atoms with van der Waals surface area (Å²) in [5.74, 6) is 0. The highest BCUT2D eigenvalue weighted by Crippen LogP contribution is 2.53. The highest BCUT2D eigenvalue weighted by molar-refractivity contribution is 9.10. The largest absolute Gasteiger partial charge is 0.455 e. The van der Waals surface area contributed by atoms with E-state index in [1.165, 1.54) is 43.8 Å². The minimum absolute atomic E-state index is 0.0887. The van der Waals surface area contributed by atoms with Crippen molar-refractivity contribution in [2.45, 2.75) is 19.3 Å². The highest BCUT2D eigenvalue weighted by atomic mass is 79.9. The third kappa shape index (κ3) is 1.89. The van der Waals surface area contributed by atoms with E-state index in [9.17, 15) is 0 Å². The first-order valence-corrected chi connectivity index (χ1v) is 10.0. The van der Waals surface area contributed by atoms with Crippen molar-refractivity contribution in [3.05, 3.63) is 82.3 Å². The van der Waals surface area contributed by atoms with E-state index in [-0.39, 0.29) is 5.41 Å². The summed E-state index contributed by atoms with van der Waals surface area (Å²) in [5.41, 5.74) is 7.17. The SMILES string of the molecule is CC1(C)c2ccc(Br)cc2-c2ccc3c(oc4c5ccccc5ccc34)c21. The first kappa shape index (κ1) is 15.5. The molecule has 0 saturated carbocycles. The van der Waals surface area contributed by atoms with Crippen LogP contribution in [0.2, 0.25) is 0 Å². The van der Waals surface area contributed by atoms with Gasteiger partial charge < -0.3 is 4.42 Å². The minimum atomic E-state index is -0.0887.